The topological polar surface area (TPSA) is 82.5 Å². The van der Waals surface area contributed by atoms with E-state index in [1.165, 1.54) is 4.52 Å². The molecule has 10 heteroatoms. The Hall–Kier alpha value is -3.17. The molecular weight excluding hydrogens is 344 g/mol. The molecule has 0 unspecified atom stereocenters. The van der Waals surface area contributed by atoms with Crippen LogP contribution in [0.4, 0.5) is 17.6 Å². The van der Waals surface area contributed by atoms with Crippen LogP contribution in [0.3, 0.4) is 0 Å². The number of hydrogen-bond donors (Lipinski definition) is 1. The largest absolute Gasteiger partial charge is 0.573 e. The summed E-state index contributed by atoms with van der Waals surface area (Å²) in [6.45, 7) is 0. The van der Waals surface area contributed by atoms with Crippen molar-refractivity contribution in [2.75, 3.05) is 0 Å². The van der Waals surface area contributed by atoms with Gasteiger partial charge >= 0.3 is 6.36 Å². The summed E-state index contributed by atoms with van der Waals surface area (Å²) in [5, 5.41) is 7.69. The molecule has 2 N–H and O–H groups in total. The van der Waals surface area contributed by atoms with Crippen molar-refractivity contribution in [2.45, 2.75) is 12.8 Å². The molecule has 1 aromatic carbocycles. The molecule has 0 saturated carbocycles. The molecule has 0 radical (unpaired) electrons. The molecular formula is C15H10F4N4O2. The Bertz CT molecular complexity index is 952. The summed E-state index contributed by atoms with van der Waals surface area (Å²) < 4.78 is 56.8. The van der Waals surface area contributed by atoms with Crippen molar-refractivity contribution < 1.29 is 27.1 Å². The fourth-order valence-corrected chi connectivity index (χ4v) is 2.39. The quantitative estimate of drug-likeness (QED) is 0.730. The number of hydrogen-bond acceptors (Lipinski definition) is 4. The molecule has 0 spiro atoms. The van der Waals surface area contributed by atoms with Gasteiger partial charge < -0.3 is 10.5 Å². The van der Waals surface area contributed by atoms with E-state index in [2.05, 4.69) is 15.0 Å². The summed E-state index contributed by atoms with van der Waals surface area (Å²) in [7, 11) is 0. The standard InChI is InChI=1S/C15H10F4N4O2/c16-13-9(7-10-11-3-1-2-6-23(11)22-21-10)8(14(20)24)4-5-12(13)25-15(17,18)19/h1-6H,7H2,(H2,20,24). The van der Waals surface area contributed by atoms with Crippen LogP contribution in [0, 0.1) is 5.82 Å². The number of carbonyl (C=O) groups excluding carboxylic acids is 1. The summed E-state index contributed by atoms with van der Waals surface area (Å²) in [5.74, 6) is -3.36. The van der Waals surface area contributed by atoms with Gasteiger partial charge in [-0.2, -0.15) is 0 Å². The first-order valence-electron chi connectivity index (χ1n) is 6.92. The number of pyridine rings is 1. The molecule has 0 aliphatic heterocycles. The zero-order chi connectivity index (χ0) is 18.2. The Morgan fingerprint density at radius 1 is 1.24 bits per heavy atom. The third-order valence-electron chi connectivity index (χ3n) is 3.44. The average molecular weight is 354 g/mol. The molecule has 130 valence electrons. The van der Waals surface area contributed by atoms with E-state index in [0.29, 0.717) is 11.6 Å². The van der Waals surface area contributed by atoms with Crippen molar-refractivity contribution in [3.05, 3.63) is 59.2 Å². The lowest BCUT2D eigenvalue weighted by atomic mass is 10.0. The first kappa shape index (κ1) is 16.7. The maximum absolute atomic E-state index is 14.5. The highest BCUT2D eigenvalue weighted by molar-refractivity contribution is 5.94. The number of ether oxygens (including phenoxy) is 1. The van der Waals surface area contributed by atoms with E-state index in [1.54, 1.807) is 24.4 Å². The Balaban J connectivity index is 2.09. The maximum Gasteiger partial charge on any atom is 0.573 e. The molecule has 0 saturated heterocycles. The highest BCUT2D eigenvalue weighted by Crippen LogP contribution is 2.30. The Kier molecular flexibility index (Phi) is 4.03. The maximum atomic E-state index is 14.5. The lowest BCUT2D eigenvalue weighted by molar-refractivity contribution is -0.275. The third-order valence-corrected chi connectivity index (χ3v) is 3.44. The van der Waals surface area contributed by atoms with Gasteiger partial charge in [0, 0.05) is 23.7 Å². The van der Waals surface area contributed by atoms with Gasteiger partial charge in [-0.05, 0) is 24.3 Å². The minimum atomic E-state index is -5.07. The summed E-state index contributed by atoms with van der Waals surface area (Å²) in [6, 6.07) is 6.71. The summed E-state index contributed by atoms with van der Waals surface area (Å²) in [5.41, 5.74) is 5.37. The number of fused-ring (bicyclic) bond motifs is 1. The van der Waals surface area contributed by atoms with Gasteiger partial charge in [-0.1, -0.05) is 11.3 Å². The monoisotopic (exact) mass is 354 g/mol. The van der Waals surface area contributed by atoms with Crippen LogP contribution < -0.4 is 10.5 Å². The van der Waals surface area contributed by atoms with E-state index in [-0.39, 0.29) is 23.2 Å². The van der Waals surface area contributed by atoms with Gasteiger partial charge in [0.25, 0.3) is 0 Å². The second kappa shape index (κ2) is 6.04. The minimum absolute atomic E-state index is 0.260. The summed E-state index contributed by atoms with van der Waals surface area (Å²) in [4.78, 5) is 11.5. The van der Waals surface area contributed by atoms with E-state index < -0.39 is 23.8 Å². The highest BCUT2D eigenvalue weighted by Gasteiger charge is 2.33. The molecule has 0 aliphatic rings. The van der Waals surface area contributed by atoms with Crippen LogP contribution in [0.2, 0.25) is 0 Å². The highest BCUT2D eigenvalue weighted by atomic mass is 19.4. The number of benzene rings is 1. The molecule has 0 atom stereocenters. The van der Waals surface area contributed by atoms with Crippen LogP contribution in [0.1, 0.15) is 21.6 Å². The first-order valence-corrected chi connectivity index (χ1v) is 6.92. The van der Waals surface area contributed by atoms with Crippen LogP contribution in [0.25, 0.3) is 5.52 Å². The zero-order valence-electron chi connectivity index (χ0n) is 12.4. The second-order valence-corrected chi connectivity index (χ2v) is 5.06. The number of aromatic nitrogens is 3. The molecule has 0 bridgehead atoms. The van der Waals surface area contributed by atoms with Gasteiger partial charge in [-0.3, -0.25) is 4.79 Å². The zero-order valence-corrected chi connectivity index (χ0v) is 12.4. The van der Waals surface area contributed by atoms with E-state index in [0.717, 1.165) is 6.07 Å². The van der Waals surface area contributed by atoms with Crippen molar-refractivity contribution in [1.29, 1.82) is 0 Å². The van der Waals surface area contributed by atoms with Crippen molar-refractivity contribution >= 4 is 11.4 Å². The van der Waals surface area contributed by atoms with Crippen LogP contribution in [-0.2, 0) is 6.42 Å². The lowest BCUT2D eigenvalue weighted by Gasteiger charge is -2.13. The number of carbonyl (C=O) groups is 1. The van der Waals surface area contributed by atoms with E-state index in [4.69, 9.17) is 5.73 Å². The number of halogens is 4. The number of nitrogens with zero attached hydrogens (tertiary/aromatic N) is 3. The Morgan fingerprint density at radius 2 is 2.00 bits per heavy atom. The molecule has 0 fully saturated rings. The van der Waals surface area contributed by atoms with Crippen molar-refractivity contribution in [3.63, 3.8) is 0 Å². The van der Waals surface area contributed by atoms with Gasteiger partial charge in [-0.15, -0.1) is 18.3 Å². The van der Waals surface area contributed by atoms with Crippen LogP contribution in [0.5, 0.6) is 5.75 Å². The number of rotatable bonds is 4. The molecule has 6 nitrogen and oxygen atoms in total. The molecule has 25 heavy (non-hydrogen) atoms. The average Bonchev–Trinajstić information content (AvgIpc) is 2.93. The van der Waals surface area contributed by atoms with Crippen LogP contribution in [0.15, 0.2) is 36.5 Å². The third kappa shape index (κ3) is 3.37. The van der Waals surface area contributed by atoms with Crippen molar-refractivity contribution in [1.82, 2.24) is 14.8 Å². The fraction of sp³-hybridized carbons (Fsp3) is 0.133. The number of nitrogens with two attached hydrogens (primary N) is 1. The van der Waals surface area contributed by atoms with E-state index >= 15 is 0 Å². The van der Waals surface area contributed by atoms with Crippen LogP contribution >= 0.6 is 0 Å². The Labute approximate surface area is 137 Å². The van der Waals surface area contributed by atoms with Gasteiger partial charge in [0.2, 0.25) is 5.91 Å². The molecule has 2 aromatic heterocycles. The normalized spacial score (nSPS) is 11.7. The molecule has 3 rings (SSSR count). The predicted octanol–water partition coefficient (Wildman–Crippen LogP) is 2.46. The molecule has 2 heterocycles. The van der Waals surface area contributed by atoms with Crippen molar-refractivity contribution in [2.24, 2.45) is 5.73 Å². The van der Waals surface area contributed by atoms with Crippen molar-refractivity contribution in [3.8, 4) is 5.75 Å². The summed E-state index contributed by atoms with van der Waals surface area (Å²) >= 11 is 0. The van der Waals surface area contributed by atoms with Gasteiger partial charge in [0.15, 0.2) is 11.6 Å². The second-order valence-electron chi connectivity index (χ2n) is 5.06. The number of amides is 1. The number of primary amides is 1. The Morgan fingerprint density at radius 3 is 2.68 bits per heavy atom. The minimum Gasteiger partial charge on any atom is -0.403 e. The molecule has 3 aromatic rings. The molecule has 1 amide bonds. The number of alkyl halides is 3. The van der Waals surface area contributed by atoms with Gasteiger partial charge in [0.1, 0.15) is 0 Å². The van der Waals surface area contributed by atoms with E-state index in [1.807, 2.05) is 0 Å². The fourth-order valence-electron chi connectivity index (χ4n) is 2.39. The SMILES string of the molecule is NC(=O)c1ccc(OC(F)(F)F)c(F)c1Cc1nnn2ccccc12. The van der Waals surface area contributed by atoms with Gasteiger partial charge in [-0.25, -0.2) is 8.91 Å². The smallest absolute Gasteiger partial charge is 0.403 e. The van der Waals surface area contributed by atoms with Gasteiger partial charge in [0.05, 0.1) is 11.2 Å². The molecule has 0 aliphatic carbocycles. The predicted molar refractivity (Wildman–Crippen MR) is 77.4 cm³/mol. The lowest BCUT2D eigenvalue weighted by Crippen LogP contribution is -2.20. The summed E-state index contributed by atoms with van der Waals surface area (Å²) in [6.07, 6.45) is -3.76. The van der Waals surface area contributed by atoms with Crippen LogP contribution in [-0.4, -0.2) is 27.1 Å². The van der Waals surface area contributed by atoms with E-state index in [9.17, 15) is 22.4 Å². The first-order chi connectivity index (χ1) is 11.8.